The van der Waals surface area contributed by atoms with E-state index in [0.29, 0.717) is 26.1 Å². The molecular weight excluding hydrogens is 438 g/mol. The van der Waals surface area contributed by atoms with E-state index in [4.69, 9.17) is 9.47 Å². The number of ether oxygens (including phenoxy) is 2. The molecule has 4 rings (SSSR count). The molecule has 1 saturated carbocycles. The van der Waals surface area contributed by atoms with Crippen molar-refractivity contribution in [2.45, 2.75) is 37.0 Å². The molecule has 0 bridgehead atoms. The van der Waals surface area contributed by atoms with Gasteiger partial charge >= 0.3 is 0 Å². The van der Waals surface area contributed by atoms with Crippen LogP contribution >= 0.6 is 0 Å². The van der Waals surface area contributed by atoms with Gasteiger partial charge in [0.25, 0.3) is 0 Å². The maximum atomic E-state index is 13.0. The highest BCUT2D eigenvalue weighted by atomic mass is 32.2. The third-order valence-corrected chi connectivity index (χ3v) is 8.30. The van der Waals surface area contributed by atoms with Crippen LogP contribution in [0.15, 0.2) is 23.1 Å². The molecule has 174 valence electrons. The minimum Gasteiger partial charge on any atom is -0.495 e. The number of hydrogen-bond donors (Lipinski definition) is 1. The van der Waals surface area contributed by atoms with Crippen LogP contribution in [0.5, 0.6) is 5.75 Å². The summed E-state index contributed by atoms with van der Waals surface area (Å²) in [7, 11) is -2.37. The van der Waals surface area contributed by atoms with E-state index in [-0.39, 0.29) is 47.7 Å². The van der Waals surface area contributed by atoms with Gasteiger partial charge in [0.05, 0.1) is 36.3 Å². The lowest BCUT2D eigenvalue weighted by Crippen LogP contribution is -2.40. The molecule has 10 nitrogen and oxygen atoms in total. The molecule has 2 aliphatic heterocycles. The lowest BCUT2D eigenvalue weighted by Gasteiger charge is -2.26. The van der Waals surface area contributed by atoms with Gasteiger partial charge in [0.2, 0.25) is 27.7 Å². The maximum Gasteiger partial charge on any atom is 0.244 e. The zero-order chi connectivity index (χ0) is 22.9. The molecule has 1 aromatic carbocycles. The Morgan fingerprint density at radius 2 is 1.88 bits per heavy atom. The van der Waals surface area contributed by atoms with Crippen LogP contribution < -0.4 is 10.1 Å². The molecule has 0 radical (unpaired) electrons. The first kappa shape index (κ1) is 22.7. The number of amides is 3. The lowest BCUT2D eigenvalue weighted by atomic mass is 9.84. The standard InChI is InChI=1S/C21H27N3O7S/c1-30-17-5-4-15(32(28,29)23-8-10-31-11-9-23)12-16(17)22-18(25)14-24-19(26)13-21(20(24)27)6-2-3-7-21/h4-5,12H,2-3,6-11,13-14H2,1H3,(H,22,25). The first-order chi connectivity index (χ1) is 15.3. The predicted octanol–water partition coefficient (Wildman–Crippen LogP) is 0.974. The summed E-state index contributed by atoms with van der Waals surface area (Å²) in [5, 5.41) is 2.61. The van der Waals surface area contributed by atoms with E-state index in [2.05, 4.69) is 5.32 Å². The van der Waals surface area contributed by atoms with Crippen LogP contribution in [0, 0.1) is 5.41 Å². The van der Waals surface area contributed by atoms with Crippen molar-refractivity contribution < 1.29 is 32.3 Å². The number of likely N-dealkylation sites (tertiary alicyclic amines) is 1. The van der Waals surface area contributed by atoms with Gasteiger partial charge in [-0.2, -0.15) is 4.31 Å². The normalized spacial score (nSPS) is 21.3. The van der Waals surface area contributed by atoms with E-state index < -0.39 is 27.9 Å². The summed E-state index contributed by atoms with van der Waals surface area (Å²) in [6.07, 6.45) is 3.30. The molecule has 2 saturated heterocycles. The molecular formula is C21H27N3O7S. The number of imide groups is 1. The molecule has 11 heteroatoms. The fourth-order valence-electron chi connectivity index (χ4n) is 4.68. The number of anilines is 1. The fourth-order valence-corrected chi connectivity index (χ4v) is 6.11. The third kappa shape index (κ3) is 4.12. The topological polar surface area (TPSA) is 122 Å². The summed E-state index contributed by atoms with van der Waals surface area (Å²) in [6.45, 7) is 0.716. The molecule has 1 N–H and O–H groups in total. The van der Waals surface area contributed by atoms with Crippen molar-refractivity contribution in [2.24, 2.45) is 5.41 Å². The Labute approximate surface area is 186 Å². The highest BCUT2D eigenvalue weighted by Crippen LogP contribution is 2.46. The second-order valence-corrected chi connectivity index (χ2v) is 10.3. The van der Waals surface area contributed by atoms with Crippen LogP contribution in [-0.4, -0.2) is 75.3 Å². The monoisotopic (exact) mass is 465 g/mol. The Morgan fingerprint density at radius 1 is 1.19 bits per heavy atom. The van der Waals surface area contributed by atoms with Crippen molar-refractivity contribution >= 4 is 33.4 Å². The van der Waals surface area contributed by atoms with Crippen LogP contribution in [0.2, 0.25) is 0 Å². The summed E-state index contributed by atoms with van der Waals surface area (Å²) in [5.41, 5.74) is -0.497. The van der Waals surface area contributed by atoms with Crippen LogP contribution in [0.25, 0.3) is 0 Å². The van der Waals surface area contributed by atoms with Crippen LogP contribution in [0.3, 0.4) is 0 Å². The van der Waals surface area contributed by atoms with E-state index in [1.54, 1.807) is 0 Å². The predicted molar refractivity (Wildman–Crippen MR) is 113 cm³/mol. The number of rotatable bonds is 6. The number of nitrogens with one attached hydrogen (secondary N) is 1. The first-order valence-electron chi connectivity index (χ1n) is 10.7. The Morgan fingerprint density at radius 3 is 2.53 bits per heavy atom. The minimum absolute atomic E-state index is 0.00809. The number of carbonyl (C=O) groups excluding carboxylic acids is 3. The molecule has 0 unspecified atom stereocenters. The second-order valence-electron chi connectivity index (χ2n) is 8.38. The number of hydrogen-bond acceptors (Lipinski definition) is 7. The zero-order valence-corrected chi connectivity index (χ0v) is 18.8. The Bertz CT molecular complexity index is 1030. The molecule has 1 aliphatic carbocycles. The number of benzene rings is 1. The van der Waals surface area contributed by atoms with Gasteiger partial charge in [-0.25, -0.2) is 8.42 Å². The van der Waals surface area contributed by atoms with Crippen molar-refractivity contribution in [2.75, 3.05) is 45.3 Å². The average Bonchev–Trinajstić information content (AvgIpc) is 3.34. The average molecular weight is 466 g/mol. The van der Waals surface area contributed by atoms with Crippen LogP contribution in [-0.2, 0) is 29.1 Å². The van der Waals surface area contributed by atoms with Gasteiger partial charge in [0.1, 0.15) is 12.3 Å². The molecule has 3 fully saturated rings. The van der Waals surface area contributed by atoms with Crippen LogP contribution in [0.1, 0.15) is 32.1 Å². The number of sulfonamides is 1. The SMILES string of the molecule is COc1ccc(S(=O)(=O)N2CCOCC2)cc1NC(=O)CN1C(=O)CC2(CCCC2)C1=O. The van der Waals surface area contributed by atoms with Gasteiger partial charge in [-0.15, -0.1) is 0 Å². The molecule has 0 aromatic heterocycles. The summed E-state index contributed by atoms with van der Waals surface area (Å²) >= 11 is 0. The lowest BCUT2D eigenvalue weighted by molar-refractivity contribution is -0.143. The summed E-state index contributed by atoms with van der Waals surface area (Å²) in [4.78, 5) is 39.0. The third-order valence-electron chi connectivity index (χ3n) is 6.40. The smallest absolute Gasteiger partial charge is 0.244 e. The van der Waals surface area contributed by atoms with Crippen molar-refractivity contribution in [3.8, 4) is 5.75 Å². The molecule has 32 heavy (non-hydrogen) atoms. The molecule has 1 spiro atoms. The van der Waals surface area contributed by atoms with Gasteiger partial charge in [0, 0.05) is 19.5 Å². The fraction of sp³-hybridized carbons (Fsp3) is 0.571. The molecule has 3 aliphatic rings. The van der Waals surface area contributed by atoms with Gasteiger partial charge in [0.15, 0.2) is 0 Å². The summed E-state index contributed by atoms with van der Waals surface area (Å²) in [6, 6.07) is 4.20. The maximum absolute atomic E-state index is 13.0. The van der Waals surface area contributed by atoms with Gasteiger partial charge in [-0.3, -0.25) is 19.3 Å². The van der Waals surface area contributed by atoms with Crippen molar-refractivity contribution in [3.05, 3.63) is 18.2 Å². The molecule has 2 heterocycles. The van der Waals surface area contributed by atoms with E-state index in [0.717, 1.165) is 17.7 Å². The summed E-state index contributed by atoms with van der Waals surface area (Å²) < 4.78 is 37.7. The Kier molecular flexibility index (Phi) is 6.24. The minimum atomic E-state index is -3.77. The van der Waals surface area contributed by atoms with E-state index in [1.165, 1.54) is 29.6 Å². The van der Waals surface area contributed by atoms with E-state index in [1.807, 2.05) is 0 Å². The summed E-state index contributed by atoms with van der Waals surface area (Å²) in [5.74, 6) is -0.958. The largest absolute Gasteiger partial charge is 0.495 e. The quantitative estimate of drug-likeness (QED) is 0.621. The van der Waals surface area contributed by atoms with Gasteiger partial charge < -0.3 is 14.8 Å². The van der Waals surface area contributed by atoms with Gasteiger partial charge in [-0.1, -0.05) is 12.8 Å². The van der Waals surface area contributed by atoms with Crippen molar-refractivity contribution in [3.63, 3.8) is 0 Å². The molecule has 0 atom stereocenters. The molecule has 1 aromatic rings. The van der Waals surface area contributed by atoms with Crippen LogP contribution in [0.4, 0.5) is 5.69 Å². The zero-order valence-electron chi connectivity index (χ0n) is 18.0. The van der Waals surface area contributed by atoms with Crippen molar-refractivity contribution in [1.29, 1.82) is 0 Å². The van der Waals surface area contributed by atoms with E-state index >= 15 is 0 Å². The number of carbonyl (C=O) groups is 3. The van der Waals surface area contributed by atoms with E-state index in [9.17, 15) is 22.8 Å². The number of methoxy groups -OCH3 is 1. The van der Waals surface area contributed by atoms with Crippen molar-refractivity contribution in [1.82, 2.24) is 9.21 Å². The number of morpholine rings is 1. The highest BCUT2D eigenvalue weighted by molar-refractivity contribution is 7.89. The number of nitrogens with zero attached hydrogens (tertiary/aromatic N) is 2. The first-order valence-corrected chi connectivity index (χ1v) is 12.1. The Hall–Kier alpha value is -2.50. The highest BCUT2D eigenvalue weighted by Gasteiger charge is 2.52. The Balaban J connectivity index is 1.51. The second kappa shape index (κ2) is 8.80. The van der Waals surface area contributed by atoms with Gasteiger partial charge in [-0.05, 0) is 31.0 Å². The molecule has 3 amide bonds.